The average Bonchev–Trinajstić information content (AvgIpc) is 3.16. The third kappa shape index (κ3) is 5.02. The fraction of sp³-hybridized carbons (Fsp3) is 0.800. The Hall–Kier alpha value is -1.60. The molecule has 1 aliphatic carbocycles. The molecule has 0 bridgehead atoms. The first-order chi connectivity index (χ1) is 13.0. The van der Waals surface area contributed by atoms with Crippen molar-refractivity contribution in [3.63, 3.8) is 0 Å². The number of aromatic nitrogens is 1. The van der Waals surface area contributed by atoms with E-state index in [9.17, 15) is 0 Å². The van der Waals surface area contributed by atoms with Crippen molar-refractivity contribution in [1.29, 1.82) is 0 Å². The number of aliphatic imine (C=N–C) groups is 1. The minimum absolute atomic E-state index is 0.238. The van der Waals surface area contributed by atoms with Crippen LogP contribution in [-0.2, 0) is 6.54 Å². The van der Waals surface area contributed by atoms with Crippen molar-refractivity contribution in [3.8, 4) is 0 Å². The van der Waals surface area contributed by atoms with Crippen LogP contribution in [-0.4, -0.2) is 85.2 Å². The predicted molar refractivity (Wildman–Crippen MR) is 109 cm³/mol. The zero-order valence-electron chi connectivity index (χ0n) is 17.4. The van der Waals surface area contributed by atoms with Gasteiger partial charge in [0, 0.05) is 57.9 Å². The maximum absolute atomic E-state index is 4.94. The van der Waals surface area contributed by atoms with Crippen LogP contribution < -0.4 is 5.32 Å². The van der Waals surface area contributed by atoms with Gasteiger partial charge in [-0.15, -0.1) is 0 Å². The van der Waals surface area contributed by atoms with Gasteiger partial charge in [0.2, 0.25) is 0 Å². The normalized spacial score (nSPS) is 28.0. The lowest BCUT2D eigenvalue weighted by molar-refractivity contribution is 0.0782. The minimum atomic E-state index is 0.238. The molecule has 1 saturated heterocycles. The van der Waals surface area contributed by atoms with Gasteiger partial charge in [0.15, 0.2) is 5.96 Å². The molecule has 1 N–H and O–H groups in total. The van der Waals surface area contributed by atoms with Crippen molar-refractivity contribution in [2.75, 3.05) is 53.9 Å². The Kier molecular flexibility index (Phi) is 6.76. The van der Waals surface area contributed by atoms with Gasteiger partial charge in [0.25, 0.3) is 0 Å². The second-order valence-electron chi connectivity index (χ2n) is 8.48. The van der Waals surface area contributed by atoms with Crippen molar-refractivity contribution in [2.24, 2.45) is 10.9 Å². The summed E-state index contributed by atoms with van der Waals surface area (Å²) >= 11 is 0. The van der Waals surface area contributed by atoms with E-state index in [0.717, 1.165) is 56.8 Å². The molecule has 1 aromatic rings. The van der Waals surface area contributed by atoms with Crippen molar-refractivity contribution < 1.29 is 4.52 Å². The minimum Gasteiger partial charge on any atom is -0.364 e. The molecule has 1 aromatic heterocycles. The van der Waals surface area contributed by atoms with Crippen LogP contribution in [0.15, 0.2) is 21.8 Å². The summed E-state index contributed by atoms with van der Waals surface area (Å²) in [5.74, 6) is 1.83. The zero-order valence-corrected chi connectivity index (χ0v) is 17.4. The highest BCUT2D eigenvalue weighted by atomic mass is 16.5. The standard InChI is InChI=1S/C20H36N6O/c1-17-6-5-8-20(14-17,24(3)4)16-22-19(21-2)26-11-9-25(10-12-26)15-18-7-13-27-23-18/h7,13,17H,5-6,8-12,14-16H2,1-4H3,(H,21,22). The van der Waals surface area contributed by atoms with Gasteiger partial charge in [0.1, 0.15) is 6.26 Å². The summed E-state index contributed by atoms with van der Waals surface area (Å²) in [4.78, 5) is 11.8. The molecule has 27 heavy (non-hydrogen) atoms. The summed E-state index contributed by atoms with van der Waals surface area (Å²) in [6, 6.07) is 1.94. The van der Waals surface area contributed by atoms with Crippen LogP contribution in [0, 0.1) is 5.92 Å². The number of piperazine rings is 1. The lowest BCUT2D eigenvalue weighted by Crippen LogP contribution is -2.58. The number of guanidine groups is 1. The molecule has 3 rings (SSSR count). The van der Waals surface area contributed by atoms with Gasteiger partial charge in [-0.3, -0.25) is 9.89 Å². The van der Waals surface area contributed by atoms with Crippen LogP contribution in [0.5, 0.6) is 0 Å². The number of likely N-dealkylation sites (N-methyl/N-ethyl adjacent to an activating group) is 1. The third-order valence-electron chi connectivity index (χ3n) is 6.35. The number of nitrogens with zero attached hydrogens (tertiary/aromatic N) is 5. The van der Waals surface area contributed by atoms with Gasteiger partial charge in [0.05, 0.1) is 5.69 Å². The summed E-state index contributed by atoms with van der Waals surface area (Å²) in [5, 5.41) is 7.72. The SMILES string of the molecule is CN=C(NCC1(N(C)C)CCCC(C)C1)N1CCN(Cc2ccon2)CC1. The molecule has 2 aliphatic rings. The van der Waals surface area contributed by atoms with E-state index >= 15 is 0 Å². The first-order valence-electron chi connectivity index (χ1n) is 10.3. The zero-order chi connectivity index (χ0) is 19.3. The van der Waals surface area contributed by atoms with Crippen molar-refractivity contribution in [1.82, 2.24) is 25.2 Å². The Morgan fingerprint density at radius 2 is 2.15 bits per heavy atom. The second-order valence-corrected chi connectivity index (χ2v) is 8.48. The lowest BCUT2D eigenvalue weighted by atomic mass is 9.75. The van der Waals surface area contributed by atoms with Gasteiger partial charge in [-0.05, 0) is 32.9 Å². The lowest BCUT2D eigenvalue weighted by Gasteiger charge is -2.46. The molecule has 1 aliphatic heterocycles. The Bertz CT molecular complexity index is 594. The van der Waals surface area contributed by atoms with E-state index in [0.29, 0.717) is 0 Å². The molecule has 0 amide bonds. The van der Waals surface area contributed by atoms with Gasteiger partial charge in [-0.1, -0.05) is 24.9 Å². The first-order valence-corrected chi connectivity index (χ1v) is 10.3. The van der Waals surface area contributed by atoms with E-state index in [1.807, 2.05) is 13.1 Å². The fourth-order valence-corrected chi connectivity index (χ4v) is 4.60. The van der Waals surface area contributed by atoms with Crippen molar-refractivity contribution >= 4 is 5.96 Å². The Morgan fingerprint density at radius 1 is 1.37 bits per heavy atom. The molecule has 0 aromatic carbocycles. The number of hydrogen-bond donors (Lipinski definition) is 1. The maximum Gasteiger partial charge on any atom is 0.193 e. The molecule has 7 heteroatoms. The molecule has 2 atom stereocenters. The van der Waals surface area contributed by atoms with Crippen molar-refractivity contribution in [3.05, 3.63) is 18.0 Å². The molecular weight excluding hydrogens is 340 g/mol. The van der Waals surface area contributed by atoms with Gasteiger partial charge < -0.3 is 19.6 Å². The topological polar surface area (TPSA) is 60.1 Å². The predicted octanol–water partition coefficient (Wildman–Crippen LogP) is 1.88. The molecule has 2 heterocycles. The van der Waals surface area contributed by atoms with E-state index in [4.69, 9.17) is 4.52 Å². The summed E-state index contributed by atoms with van der Waals surface area (Å²) < 4.78 is 4.94. The third-order valence-corrected chi connectivity index (χ3v) is 6.35. The van der Waals surface area contributed by atoms with Crippen LogP contribution in [0.4, 0.5) is 0 Å². The highest BCUT2D eigenvalue weighted by molar-refractivity contribution is 5.80. The summed E-state index contributed by atoms with van der Waals surface area (Å²) in [5.41, 5.74) is 1.24. The smallest absolute Gasteiger partial charge is 0.193 e. The molecule has 2 fully saturated rings. The van der Waals surface area contributed by atoms with Crippen LogP contribution in [0.25, 0.3) is 0 Å². The molecule has 1 saturated carbocycles. The largest absolute Gasteiger partial charge is 0.364 e. The van der Waals surface area contributed by atoms with E-state index in [1.54, 1.807) is 6.26 Å². The number of rotatable bonds is 5. The molecule has 0 radical (unpaired) electrons. The number of nitrogens with one attached hydrogen (secondary N) is 1. The van der Waals surface area contributed by atoms with Crippen molar-refractivity contribution in [2.45, 2.75) is 44.7 Å². The highest BCUT2D eigenvalue weighted by Crippen LogP contribution is 2.35. The Morgan fingerprint density at radius 3 is 2.74 bits per heavy atom. The Balaban J connectivity index is 1.52. The van der Waals surface area contributed by atoms with Crippen LogP contribution in [0.3, 0.4) is 0 Å². The average molecular weight is 377 g/mol. The van der Waals surface area contributed by atoms with Gasteiger partial charge in [-0.2, -0.15) is 0 Å². The summed E-state index contributed by atoms with van der Waals surface area (Å²) in [6.07, 6.45) is 6.84. The van der Waals surface area contributed by atoms with Gasteiger partial charge >= 0.3 is 0 Å². The van der Waals surface area contributed by atoms with E-state index in [-0.39, 0.29) is 5.54 Å². The van der Waals surface area contributed by atoms with E-state index in [1.165, 1.54) is 25.7 Å². The molecule has 0 spiro atoms. The van der Waals surface area contributed by atoms with Gasteiger partial charge in [-0.25, -0.2) is 0 Å². The molecule has 2 unspecified atom stereocenters. The quantitative estimate of drug-likeness (QED) is 0.625. The summed E-state index contributed by atoms with van der Waals surface area (Å²) in [7, 11) is 6.35. The molecular formula is C20H36N6O. The van der Waals surface area contributed by atoms with E-state index in [2.05, 4.69) is 51.2 Å². The van der Waals surface area contributed by atoms with Crippen LogP contribution in [0.2, 0.25) is 0 Å². The monoisotopic (exact) mass is 376 g/mol. The number of hydrogen-bond acceptors (Lipinski definition) is 5. The first kappa shape index (κ1) is 20.1. The van der Waals surface area contributed by atoms with E-state index < -0.39 is 0 Å². The maximum atomic E-state index is 4.94. The fourth-order valence-electron chi connectivity index (χ4n) is 4.60. The van der Waals surface area contributed by atoms with Crippen LogP contribution >= 0.6 is 0 Å². The molecule has 7 nitrogen and oxygen atoms in total. The Labute approximate surface area is 163 Å². The molecule has 152 valence electrons. The van der Waals surface area contributed by atoms with Crippen LogP contribution in [0.1, 0.15) is 38.3 Å². The highest BCUT2D eigenvalue weighted by Gasteiger charge is 2.37. The summed E-state index contributed by atoms with van der Waals surface area (Å²) in [6.45, 7) is 8.23. The second kappa shape index (κ2) is 9.06.